The van der Waals surface area contributed by atoms with Gasteiger partial charge < -0.3 is 15.2 Å². The lowest BCUT2D eigenvalue weighted by molar-refractivity contribution is -0.0515. The van der Waals surface area contributed by atoms with Crippen LogP contribution in [0.2, 0.25) is 0 Å². The molecule has 2 aliphatic carbocycles. The molecule has 1 aromatic rings. The van der Waals surface area contributed by atoms with Crippen molar-refractivity contribution in [1.82, 2.24) is 0 Å². The van der Waals surface area contributed by atoms with Crippen molar-refractivity contribution in [2.45, 2.75) is 44.1 Å². The molecule has 3 rings (SSSR count). The van der Waals surface area contributed by atoms with E-state index in [1.165, 1.54) is 6.07 Å². The molecule has 0 amide bonds. The summed E-state index contributed by atoms with van der Waals surface area (Å²) < 4.78 is 35.6. The number of hydrogen-bond acceptors (Lipinski definition) is 5. The molecule has 1 unspecified atom stereocenters. The first-order valence-electron chi connectivity index (χ1n) is 8.48. The van der Waals surface area contributed by atoms with Gasteiger partial charge in [-0.15, -0.1) is 0 Å². The molecule has 1 aromatic carbocycles. The van der Waals surface area contributed by atoms with Crippen LogP contribution in [-0.2, 0) is 5.41 Å². The van der Waals surface area contributed by atoms with Gasteiger partial charge in [-0.3, -0.25) is 0 Å². The molecule has 2 aliphatic rings. The summed E-state index contributed by atoms with van der Waals surface area (Å²) in [7, 11) is 0. The highest BCUT2D eigenvalue weighted by Crippen LogP contribution is 2.43. The van der Waals surface area contributed by atoms with Gasteiger partial charge in [-0.25, -0.2) is 0 Å². The molecular weight excluding hydrogens is 340 g/mol. The zero-order chi connectivity index (χ0) is 18.7. The second-order valence-electron chi connectivity index (χ2n) is 6.78. The van der Waals surface area contributed by atoms with Crippen molar-refractivity contribution in [3.63, 3.8) is 0 Å². The van der Waals surface area contributed by atoms with E-state index in [2.05, 4.69) is 16.9 Å². The highest BCUT2D eigenvalue weighted by molar-refractivity contribution is 5.49. The Morgan fingerprint density at radius 1 is 1.27 bits per heavy atom. The average molecular weight is 359 g/mol. The van der Waals surface area contributed by atoms with Crippen molar-refractivity contribution in [3.8, 4) is 23.6 Å². The predicted octanol–water partition coefficient (Wildman–Crippen LogP) is 3.76. The molecule has 0 spiro atoms. The second kappa shape index (κ2) is 7.21. The van der Waals surface area contributed by atoms with Gasteiger partial charge in [0.05, 0.1) is 29.7 Å². The van der Waals surface area contributed by atoms with Gasteiger partial charge in [0.2, 0.25) is 0 Å². The molecule has 1 fully saturated rings. The molecule has 2 N–H and O–H groups in total. The standard InChI is InChI=1S/C19H19F2N3O2/c20-18(21)26-16-4-3-14(7-17(16)25-10-12-1-2-12)19(11-23)6-5-15(24)13(8-19)9-22/h3-4,7,12,18H,1-2,5-6,8,10,24H2. The average Bonchev–Trinajstić information content (AvgIpc) is 3.45. The van der Waals surface area contributed by atoms with Crippen molar-refractivity contribution in [2.75, 3.05) is 6.61 Å². The first kappa shape index (κ1) is 18.0. The zero-order valence-electron chi connectivity index (χ0n) is 14.2. The number of benzene rings is 1. The molecule has 1 atom stereocenters. The van der Waals surface area contributed by atoms with Crippen LogP contribution in [0.5, 0.6) is 11.5 Å². The minimum absolute atomic E-state index is 0.0520. The molecule has 0 aliphatic heterocycles. The van der Waals surface area contributed by atoms with Crippen molar-refractivity contribution < 1.29 is 18.3 Å². The summed E-state index contributed by atoms with van der Waals surface area (Å²) in [5.74, 6) is 0.583. The highest BCUT2D eigenvalue weighted by atomic mass is 19.3. The number of alkyl halides is 2. The smallest absolute Gasteiger partial charge is 0.387 e. The number of rotatable bonds is 6. The third kappa shape index (κ3) is 3.72. The van der Waals surface area contributed by atoms with Crippen LogP contribution in [0.4, 0.5) is 8.78 Å². The molecule has 0 radical (unpaired) electrons. The number of nitrogens with zero attached hydrogens (tertiary/aromatic N) is 2. The van der Waals surface area contributed by atoms with Crippen LogP contribution in [-0.4, -0.2) is 13.2 Å². The first-order valence-corrected chi connectivity index (χ1v) is 8.48. The summed E-state index contributed by atoms with van der Waals surface area (Å²) in [5.41, 5.74) is 6.44. The van der Waals surface area contributed by atoms with Crippen LogP contribution in [0.1, 0.15) is 37.7 Å². The monoisotopic (exact) mass is 359 g/mol. The fraction of sp³-hybridized carbons (Fsp3) is 0.474. The van der Waals surface area contributed by atoms with Gasteiger partial charge in [-0.2, -0.15) is 19.3 Å². The third-order valence-corrected chi connectivity index (χ3v) is 4.92. The maximum Gasteiger partial charge on any atom is 0.387 e. The molecule has 1 saturated carbocycles. The highest BCUT2D eigenvalue weighted by Gasteiger charge is 2.38. The fourth-order valence-corrected chi connectivity index (χ4v) is 3.12. The van der Waals surface area contributed by atoms with Gasteiger partial charge in [0.25, 0.3) is 0 Å². The van der Waals surface area contributed by atoms with E-state index in [1.807, 2.05) is 0 Å². The van der Waals surface area contributed by atoms with Crippen molar-refractivity contribution in [1.29, 1.82) is 10.5 Å². The number of allylic oxidation sites excluding steroid dienone is 2. The Morgan fingerprint density at radius 2 is 2.04 bits per heavy atom. The van der Waals surface area contributed by atoms with Crippen molar-refractivity contribution in [3.05, 3.63) is 35.0 Å². The van der Waals surface area contributed by atoms with Crippen LogP contribution in [0, 0.1) is 28.6 Å². The van der Waals surface area contributed by atoms with Gasteiger partial charge in [0.15, 0.2) is 11.5 Å². The summed E-state index contributed by atoms with van der Waals surface area (Å²) in [6, 6.07) is 8.93. The lowest BCUT2D eigenvalue weighted by atomic mass is 9.70. The van der Waals surface area contributed by atoms with Crippen LogP contribution in [0.3, 0.4) is 0 Å². The van der Waals surface area contributed by atoms with Crippen LogP contribution in [0.25, 0.3) is 0 Å². The Balaban J connectivity index is 1.94. The molecular formula is C19H19F2N3O2. The lowest BCUT2D eigenvalue weighted by Crippen LogP contribution is -2.30. The Labute approximate surface area is 150 Å². The zero-order valence-corrected chi connectivity index (χ0v) is 14.2. The molecule has 7 heteroatoms. The Kier molecular flexibility index (Phi) is 4.99. The summed E-state index contributed by atoms with van der Waals surface area (Å²) >= 11 is 0. The molecule has 136 valence electrons. The van der Waals surface area contributed by atoms with Gasteiger partial charge >= 0.3 is 6.61 Å². The largest absolute Gasteiger partial charge is 0.489 e. The van der Waals surface area contributed by atoms with Gasteiger partial charge in [0, 0.05) is 12.1 Å². The number of halogens is 2. The van der Waals surface area contributed by atoms with E-state index in [0.717, 1.165) is 12.8 Å². The number of nitriles is 2. The van der Waals surface area contributed by atoms with Crippen LogP contribution in [0.15, 0.2) is 29.5 Å². The molecule has 0 bridgehead atoms. The molecule has 0 heterocycles. The third-order valence-electron chi connectivity index (χ3n) is 4.92. The van der Waals surface area contributed by atoms with E-state index in [0.29, 0.717) is 42.2 Å². The molecule has 26 heavy (non-hydrogen) atoms. The van der Waals surface area contributed by atoms with Crippen molar-refractivity contribution >= 4 is 0 Å². The summed E-state index contributed by atoms with van der Waals surface area (Å²) in [6.07, 6.45) is 3.20. The SMILES string of the molecule is N#CC1=C(N)CCC(C#N)(c2ccc(OC(F)F)c(OCC3CC3)c2)C1. The number of nitrogens with two attached hydrogens (primary N) is 1. The Bertz CT molecular complexity index is 806. The topological polar surface area (TPSA) is 92.1 Å². The Morgan fingerprint density at radius 3 is 2.65 bits per heavy atom. The van der Waals surface area contributed by atoms with E-state index in [9.17, 15) is 19.3 Å². The lowest BCUT2D eigenvalue weighted by Gasteiger charge is -2.31. The van der Waals surface area contributed by atoms with Gasteiger partial charge in [-0.05, 0) is 49.3 Å². The van der Waals surface area contributed by atoms with Crippen LogP contribution < -0.4 is 15.2 Å². The maximum atomic E-state index is 12.7. The fourth-order valence-electron chi connectivity index (χ4n) is 3.12. The normalized spacial score (nSPS) is 22.7. The second-order valence-corrected chi connectivity index (χ2v) is 6.78. The van der Waals surface area contributed by atoms with E-state index in [-0.39, 0.29) is 17.9 Å². The maximum absolute atomic E-state index is 12.7. The summed E-state index contributed by atoms with van der Waals surface area (Å²) in [4.78, 5) is 0. The van der Waals surface area contributed by atoms with E-state index < -0.39 is 12.0 Å². The van der Waals surface area contributed by atoms with Gasteiger partial charge in [0.1, 0.15) is 0 Å². The van der Waals surface area contributed by atoms with E-state index in [1.54, 1.807) is 12.1 Å². The number of hydrogen-bond donors (Lipinski definition) is 1. The summed E-state index contributed by atoms with van der Waals surface area (Å²) in [6.45, 7) is -2.53. The van der Waals surface area contributed by atoms with E-state index >= 15 is 0 Å². The molecule has 0 aromatic heterocycles. The van der Waals surface area contributed by atoms with Crippen molar-refractivity contribution in [2.24, 2.45) is 11.7 Å². The summed E-state index contributed by atoms with van der Waals surface area (Å²) in [5, 5.41) is 19.1. The Hall–Kier alpha value is -2.80. The minimum Gasteiger partial charge on any atom is -0.489 e. The van der Waals surface area contributed by atoms with Crippen LogP contribution >= 0.6 is 0 Å². The van der Waals surface area contributed by atoms with Gasteiger partial charge in [-0.1, -0.05) is 6.07 Å². The number of ether oxygens (including phenoxy) is 2. The molecule has 0 saturated heterocycles. The quantitative estimate of drug-likeness (QED) is 0.835. The molecule has 5 nitrogen and oxygen atoms in total. The predicted molar refractivity (Wildman–Crippen MR) is 89.3 cm³/mol. The van der Waals surface area contributed by atoms with E-state index in [4.69, 9.17) is 10.5 Å². The minimum atomic E-state index is -2.96. The first-order chi connectivity index (χ1) is 12.5.